The number of hydrogen-bond acceptors (Lipinski definition) is 3. The molecule has 1 N–H and O–H groups in total. The van der Waals surface area contributed by atoms with Gasteiger partial charge in [0.15, 0.2) is 17.5 Å². The molecule has 0 bridgehead atoms. The fourth-order valence-corrected chi connectivity index (χ4v) is 3.72. The molecule has 1 saturated carbocycles. The monoisotopic (exact) mass is 433 g/mol. The van der Waals surface area contributed by atoms with Crippen LogP contribution in [0.3, 0.4) is 0 Å². The maximum atomic E-state index is 14.6. The number of anilines is 1. The smallest absolute Gasteiger partial charge is 0.310 e. The topological polar surface area (TPSA) is 38.3 Å². The lowest BCUT2D eigenvalue weighted by Gasteiger charge is -2.17. The molecule has 1 fully saturated rings. The lowest BCUT2D eigenvalue weighted by molar-refractivity contribution is -0.147. The molecule has 8 heteroatoms. The number of esters is 1. The van der Waals surface area contributed by atoms with Gasteiger partial charge in [-0.15, -0.1) is 0 Å². The van der Waals surface area contributed by atoms with E-state index in [1.807, 2.05) is 6.92 Å². The Kier molecular flexibility index (Phi) is 7.88. The van der Waals surface area contributed by atoms with E-state index in [2.05, 4.69) is 5.32 Å². The van der Waals surface area contributed by atoms with Gasteiger partial charge in [0, 0.05) is 18.0 Å². The standard InChI is InChI=1S/C22H28F5NO2/c1-5-6-7-8-9-28-20-13(19(27)17(25)12(2)18(20)26)11-30-21(29)16-14(10-15(23)24)22(16,3)4/h10,14,16,28H,5-9,11H2,1-4H3/t14-,16+/m1/s1. The first-order valence-electron chi connectivity index (χ1n) is 10.1. The Hall–Kier alpha value is -2.12. The van der Waals surface area contributed by atoms with E-state index in [9.17, 15) is 26.7 Å². The number of carbonyl (C=O) groups excluding carboxylic acids is 1. The first kappa shape index (κ1) is 24.2. The molecule has 0 aliphatic heterocycles. The predicted molar refractivity (Wildman–Crippen MR) is 105 cm³/mol. The van der Waals surface area contributed by atoms with Crippen molar-refractivity contribution in [2.45, 2.75) is 60.0 Å². The molecule has 1 aromatic carbocycles. The molecule has 0 radical (unpaired) electrons. The summed E-state index contributed by atoms with van der Waals surface area (Å²) < 4.78 is 73.4. The van der Waals surface area contributed by atoms with Crippen molar-refractivity contribution >= 4 is 11.7 Å². The molecule has 1 aliphatic rings. The highest BCUT2D eigenvalue weighted by Gasteiger charge is 2.62. The third-order valence-corrected chi connectivity index (χ3v) is 5.80. The van der Waals surface area contributed by atoms with Gasteiger partial charge in [0.05, 0.1) is 17.2 Å². The van der Waals surface area contributed by atoms with Crippen LogP contribution in [0.25, 0.3) is 0 Å². The first-order valence-corrected chi connectivity index (χ1v) is 10.1. The quantitative estimate of drug-likeness (QED) is 0.198. The Morgan fingerprint density at radius 3 is 2.37 bits per heavy atom. The minimum absolute atomic E-state index is 0.239. The van der Waals surface area contributed by atoms with Crippen molar-refractivity contribution in [3.05, 3.63) is 40.7 Å². The van der Waals surface area contributed by atoms with Gasteiger partial charge in [0.2, 0.25) is 0 Å². The van der Waals surface area contributed by atoms with Gasteiger partial charge >= 0.3 is 5.97 Å². The van der Waals surface area contributed by atoms with Crippen LogP contribution in [-0.2, 0) is 16.1 Å². The molecule has 0 spiro atoms. The van der Waals surface area contributed by atoms with Gasteiger partial charge in [-0.2, -0.15) is 8.78 Å². The summed E-state index contributed by atoms with van der Waals surface area (Å²) in [6.07, 6.45) is 2.42. The minimum atomic E-state index is -1.90. The van der Waals surface area contributed by atoms with E-state index >= 15 is 0 Å². The SMILES string of the molecule is CCCCCCNc1c(F)c(C)c(F)c(F)c1COC(=O)[C@@H]1[C@@H](C=C(F)F)C1(C)C. The van der Waals surface area contributed by atoms with E-state index in [4.69, 9.17) is 4.74 Å². The molecule has 30 heavy (non-hydrogen) atoms. The van der Waals surface area contributed by atoms with E-state index in [0.717, 1.165) is 26.2 Å². The summed E-state index contributed by atoms with van der Waals surface area (Å²) in [5.74, 6) is -5.92. The van der Waals surface area contributed by atoms with Crippen molar-refractivity contribution in [2.75, 3.05) is 11.9 Å². The number of allylic oxidation sites excluding steroid dienone is 1. The van der Waals surface area contributed by atoms with Crippen molar-refractivity contribution < 1.29 is 31.5 Å². The summed E-state index contributed by atoms with van der Waals surface area (Å²) in [7, 11) is 0. The normalized spacial score (nSPS) is 19.4. The Labute approximate surface area is 173 Å². The van der Waals surface area contributed by atoms with Crippen LogP contribution in [-0.4, -0.2) is 12.5 Å². The van der Waals surface area contributed by atoms with Crippen LogP contribution in [0.15, 0.2) is 12.2 Å². The Morgan fingerprint density at radius 1 is 1.10 bits per heavy atom. The van der Waals surface area contributed by atoms with E-state index in [1.54, 1.807) is 13.8 Å². The molecule has 2 rings (SSSR count). The molecular weight excluding hydrogens is 405 g/mol. The zero-order chi connectivity index (χ0) is 22.6. The van der Waals surface area contributed by atoms with Crippen molar-refractivity contribution in [1.29, 1.82) is 0 Å². The predicted octanol–water partition coefficient (Wildman–Crippen LogP) is 6.50. The zero-order valence-electron chi connectivity index (χ0n) is 17.7. The summed E-state index contributed by atoms with van der Waals surface area (Å²) >= 11 is 0. The number of ether oxygens (including phenoxy) is 1. The van der Waals surface area contributed by atoms with Crippen LogP contribution in [0.4, 0.5) is 27.6 Å². The van der Waals surface area contributed by atoms with Crippen molar-refractivity contribution in [3.8, 4) is 0 Å². The number of benzene rings is 1. The van der Waals surface area contributed by atoms with Gasteiger partial charge in [-0.1, -0.05) is 40.0 Å². The average molecular weight is 433 g/mol. The second kappa shape index (κ2) is 9.79. The molecule has 1 aliphatic carbocycles. The summed E-state index contributed by atoms with van der Waals surface area (Å²) in [6, 6.07) is 0. The third kappa shape index (κ3) is 5.13. The summed E-state index contributed by atoms with van der Waals surface area (Å²) in [5, 5.41) is 2.79. The maximum Gasteiger partial charge on any atom is 0.310 e. The molecular formula is C22H28F5NO2. The molecule has 2 atom stereocenters. The van der Waals surface area contributed by atoms with Gasteiger partial charge < -0.3 is 10.1 Å². The van der Waals surface area contributed by atoms with Crippen molar-refractivity contribution in [1.82, 2.24) is 0 Å². The molecule has 3 nitrogen and oxygen atoms in total. The van der Waals surface area contributed by atoms with E-state index < -0.39 is 64.5 Å². The van der Waals surface area contributed by atoms with Gasteiger partial charge in [0.25, 0.3) is 6.08 Å². The zero-order valence-corrected chi connectivity index (χ0v) is 17.7. The van der Waals surface area contributed by atoms with Gasteiger partial charge in [-0.3, -0.25) is 4.79 Å². The Morgan fingerprint density at radius 2 is 1.77 bits per heavy atom. The number of unbranched alkanes of at least 4 members (excludes halogenated alkanes) is 3. The lowest BCUT2D eigenvalue weighted by atomic mass is 10.1. The van der Waals surface area contributed by atoms with Gasteiger partial charge in [-0.05, 0) is 24.8 Å². The second-order valence-electron chi connectivity index (χ2n) is 8.30. The van der Waals surface area contributed by atoms with Crippen LogP contribution in [0.5, 0.6) is 0 Å². The molecule has 0 saturated heterocycles. The second-order valence-corrected chi connectivity index (χ2v) is 8.30. The van der Waals surface area contributed by atoms with Gasteiger partial charge in [0.1, 0.15) is 6.61 Å². The molecule has 0 amide bonds. The van der Waals surface area contributed by atoms with Crippen LogP contribution in [0.1, 0.15) is 57.6 Å². The van der Waals surface area contributed by atoms with Crippen LogP contribution in [0, 0.1) is 41.6 Å². The molecule has 0 heterocycles. The number of hydrogen-bond donors (Lipinski definition) is 1. The minimum Gasteiger partial charge on any atom is -0.460 e. The van der Waals surface area contributed by atoms with Crippen LogP contribution >= 0.6 is 0 Å². The number of halogens is 5. The Bertz CT molecular complexity index is 818. The number of rotatable bonds is 10. The van der Waals surface area contributed by atoms with Crippen molar-refractivity contribution in [3.63, 3.8) is 0 Å². The average Bonchev–Trinajstić information content (AvgIpc) is 3.21. The summed E-state index contributed by atoms with van der Waals surface area (Å²) in [4.78, 5) is 12.4. The van der Waals surface area contributed by atoms with E-state index in [1.165, 1.54) is 0 Å². The van der Waals surface area contributed by atoms with Crippen LogP contribution in [0.2, 0.25) is 0 Å². The fourth-order valence-electron chi connectivity index (χ4n) is 3.72. The highest BCUT2D eigenvalue weighted by molar-refractivity contribution is 5.78. The maximum absolute atomic E-state index is 14.6. The molecule has 168 valence electrons. The van der Waals surface area contributed by atoms with Crippen molar-refractivity contribution in [2.24, 2.45) is 17.3 Å². The molecule has 1 aromatic rings. The largest absolute Gasteiger partial charge is 0.460 e. The Balaban J connectivity index is 2.16. The van der Waals surface area contributed by atoms with Crippen LogP contribution < -0.4 is 5.32 Å². The third-order valence-electron chi connectivity index (χ3n) is 5.80. The summed E-state index contributed by atoms with van der Waals surface area (Å²) in [6.45, 7) is 6.09. The first-order chi connectivity index (χ1) is 14.0. The van der Waals surface area contributed by atoms with E-state index in [0.29, 0.717) is 19.0 Å². The number of carbonyl (C=O) groups is 1. The molecule has 0 unspecified atom stereocenters. The number of nitrogens with one attached hydrogen (secondary N) is 1. The lowest BCUT2D eigenvalue weighted by Crippen LogP contribution is -2.16. The fraction of sp³-hybridized carbons (Fsp3) is 0.591. The summed E-state index contributed by atoms with van der Waals surface area (Å²) in [5.41, 5.74) is -1.87. The highest BCUT2D eigenvalue weighted by Crippen LogP contribution is 2.60. The molecule has 0 aromatic heterocycles. The van der Waals surface area contributed by atoms with Gasteiger partial charge in [-0.25, -0.2) is 13.2 Å². The van der Waals surface area contributed by atoms with E-state index in [-0.39, 0.29) is 5.69 Å². The highest BCUT2D eigenvalue weighted by atomic mass is 19.3.